The third-order valence-electron chi connectivity index (χ3n) is 11.2. The van der Waals surface area contributed by atoms with Gasteiger partial charge in [-0.25, -0.2) is 9.59 Å². The largest absolute Gasteiger partial charge is 0.453 e. The van der Waals surface area contributed by atoms with Crippen molar-refractivity contribution in [3.63, 3.8) is 0 Å². The van der Waals surface area contributed by atoms with Crippen LogP contribution in [0.25, 0.3) is 22.3 Å². The summed E-state index contributed by atoms with van der Waals surface area (Å²) < 4.78 is 15.5. The molecular weight excluding hydrogens is 723 g/mol. The van der Waals surface area contributed by atoms with Gasteiger partial charge in [-0.3, -0.25) is 14.6 Å². The monoisotopic (exact) mass is 779 g/mol. The molecule has 0 spiro atoms. The maximum Gasteiger partial charge on any atom is 0.407 e. The number of nitrogens with zero attached hydrogens (tertiary/aromatic N) is 3. The minimum Gasteiger partial charge on any atom is -0.453 e. The SMILES string of the molecule is COC(=O)N[C@@H](COC(C)(C)C)C(=O)N1CCC[C@H]1C1=NC=C(c2ccc(-c3ccc(C4=CC=C([C@@H]5CCCN5C(=O)[C@@H](NC(=O)OC)C(C)C)C4)cc3)cc2)C1. The summed E-state index contributed by atoms with van der Waals surface area (Å²) >= 11 is 0. The molecule has 57 heavy (non-hydrogen) atoms. The first-order chi connectivity index (χ1) is 27.3. The number of benzene rings is 2. The molecule has 2 fully saturated rings. The average Bonchev–Trinajstić information content (AvgIpc) is 4.04. The number of ether oxygens (including phenoxy) is 3. The number of amides is 4. The van der Waals surface area contributed by atoms with Crippen molar-refractivity contribution in [3.8, 4) is 11.1 Å². The van der Waals surface area contributed by atoms with E-state index < -0.39 is 29.9 Å². The summed E-state index contributed by atoms with van der Waals surface area (Å²) in [6, 6.07) is 15.5. The summed E-state index contributed by atoms with van der Waals surface area (Å²) in [7, 11) is 2.59. The predicted molar refractivity (Wildman–Crippen MR) is 221 cm³/mol. The fraction of sp³-hybridized carbons (Fsp3) is 0.489. The summed E-state index contributed by atoms with van der Waals surface area (Å²) in [5, 5.41) is 5.40. The topological polar surface area (TPSA) is 139 Å². The number of carbonyl (C=O) groups is 4. The first-order valence-corrected chi connectivity index (χ1v) is 20.1. The fourth-order valence-corrected chi connectivity index (χ4v) is 8.13. The lowest BCUT2D eigenvalue weighted by atomic mass is 9.94. The van der Waals surface area contributed by atoms with Crippen molar-refractivity contribution in [3.05, 3.63) is 83.6 Å². The minimum atomic E-state index is -0.862. The van der Waals surface area contributed by atoms with Crippen molar-refractivity contribution in [2.75, 3.05) is 33.9 Å². The number of allylic oxidation sites excluding steroid dienone is 4. The number of hydrogen-bond acceptors (Lipinski definition) is 8. The summed E-state index contributed by atoms with van der Waals surface area (Å²) in [5.74, 6) is -0.321. The lowest BCUT2D eigenvalue weighted by molar-refractivity contribution is -0.136. The molecule has 0 radical (unpaired) electrons. The summed E-state index contributed by atoms with van der Waals surface area (Å²) in [6.07, 6.45) is 9.90. The summed E-state index contributed by atoms with van der Waals surface area (Å²) in [5.41, 5.74) is 8.49. The highest BCUT2D eigenvalue weighted by Crippen LogP contribution is 2.37. The van der Waals surface area contributed by atoms with Gasteiger partial charge in [-0.2, -0.15) is 0 Å². The molecule has 304 valence electrons. The average molecular weight is 780 g/mol. The van der Waals surface area contributed by atoms with Crippen molar-refractivity contribution in [2.45, 2.75) is 103 Å². The molecule has 4 aliphatic rings. The number of likely N-dealkylation sites (tertiary alicyclic amines) is 2. The standard InChI is InChI=1S/C45H57N5O7/c1-28(2)40(48-44(54)56-7)42(52)49-22-8-10-38(49)34-21-20-33(24-34)31-16-12-29(13-17-31)30-14-18-32(19-15-30)35-25-36(46-26-35)39-11-9-23-50(39)41(51)37(47-43(53)55-6)27-57-45(3,4)5/h12-21,26,28,37-40H,8-11,22-25,27H2,1-7H3,(H,47,53)(H,48,54)/t37-,38-,39-,40-/m0/s1. The van der Waals surface area contributed by atoms with Gasteiger partial charge < -0.3 is 34.6 Å². The second-order valence-corrected chi connectivity index (χ2v) is 16.6. The Labute approximate surface area is 336 Å². The lowest BCUT2D eigenvalue weighted by Gasteiger charge is -2.31. The molecule has 12 nitrogen and oxygen atoms in total. The molecule has 0 saturated carbocycles. The van der Waals surface area contributed by atoms with E-state index in [2.05, 4.69) is 71.3 Å². The van der Waals surface area contributed by atoms with Gasteiger partial charge in [0.25, 0.3) is 0 Å². The number of alkyl carbamates (subject to hydrolysis) is 2. The highest BCUT2D eigenvalue weighted by Gasteiger charge is 2.39. The van der Waals surface area contributed by atoms with Crippen LogP contribution in [0, 0.1) is 5.92 Å². The first kappa shape index (κ1) is 41.4. The fourth-order valence-electron chi connectivity index (χ4n) is 8.13. The Morgan fingerprint density at radius 1 is 0.737 bits per heavy atom. The zero-order valence-corrected chi connectivity index (χ0v) is 34.3. The molecule has 1 aliphatic carbocycles. The highest BCUT2D eigenvalue weighted by molar-refractivity contribution is 6.04. The number of nitrogens with one attached hydrogen (secondary N) is 2. The summed E-state index contributed by atoms with van der Waals surface area (Å²) in [4.78, 5) is 60.0. The van der Waals surface area contributed by atoms with E-state index in [1.54, 1.807) is 0 Å². The molecule has 3 aliphatic heterocycles. The van der Waals surface area contributed by atoms with Gasteiger partial charge in [0.15, 0.2) is 0 Å². The normalized spacial score (nSPS) is 20.4. The quantitative estimate of drug-likeness (QED) is 0.233. The van der Waals surface area contributed by atoms with Gasteiger partial charge in [0.05, 0.1) is 38.5 Å². The molecule has 4 amide bonds. The van der Waals surface area contributed by atoms with Gasteiger partial charge >= 0.3 is 12.2 Å². The third-order valence-corrected chi connectivity index (χ3v) is 11.2. The van der Waals surface area contributed by atoms with Crippen molar-refractivity contribution in [2.24, 2.45) is 10.9 Å². The second kappa shape index (κ2) is 17.9. The molecule has 2 N–H and O–H groups in total. The molecule has 6 rings (SSSR count). The molecular formula is C45H57N5O7. The Kier molecular flexibility index (Phi) is 13.0. The minimum absolute atomic E-state index is 0.0157. The first-order valence-electron chi connectivity index (χ1n) is 20.1. The van der Waals surface area contributed by atoms with E-state index in [4.69, 9.17) is 19.2 Å². The van der Waals surface area contributed by atoms with Crippen LogP contribution in [0.3, 0.4) is 0 Å². The molecule has 0 unspecified atom stereocenters. The lowest BCUT2D eigenvalue weighted by Crippen LogP contribution is -2.54. The highest BCUT2D eigenvalue weighted by atomic mass is 16.5. The smallest absolute Gasteiger partial charge is 0.407 e. The Balaban J connectivity index is 1.04. The van der Waals surface area contributed by atoms with Crippen molar-refractivity contribution in [1.29, 1.82) is 0 Å². The zero-order chi connectivity index (χ0) is 40.9. The molecule has 2 aromatic carbocycles. The van der Waals surface area contributed by atoms with Crippen LogP contribution in [-0.2, 0) is 23.8 Å². The third kappa shape index (κ3) is 9.84. The van der Waals surface area contributed by atoms with Gasteiger partial charge in [-0.1, -0.05) is 74.5 Å². The van der Waals surface area contributed by atoms with Crippen LogP contribution in [-0.4, -0.2) is 103 Å². The van der Waals surface area contributed by atoms with Crippen molar-refractivity contribution >= 4 is 40.9 Å². The van der Waals surface area contributed by atoms with Crippen LogP contribution in [0.4, 0.5) is 9.59 Å². The van der Waals surface area contributed by atoms with Crippen molar-refractivity contribution < 1.29 is 33.4 Å². The zero-order valence-electron chi connectivity index (χ0n) is 34.3. The number of rotatable bonds is 12. The molecule has 0 bridgehead atoms. The van der Waals surface area contributed by atoms with E-state index in [-0.39, 0.29) is 36.4 Å². The Morgan fingerprint density at radius 2 is 1.28 bits per heavy atom. The van der Waals surface area contributed by atoms with Crippen molar-refractivity contribution in [1.82, 2.24) is 20.4 Å². The Morgan fingerprint density at radius 3 is 1.86 bits per heavy atom. The Hall–Kier alpha value is -5.23. The van der Waals surface area contributed by atoms with E-state index in [9.17, 15) is 19.2 Å². The van der Waals surface area contributed by atoms with Crippen LogP contribution in [0.1, 0.15) is 84.3 Å². The van der Waals surface area contributed by atoms with Gasteiger partial charge in [-0.05, 0) is 97.8 Å². The number of aliphatic imine (C=N–C) groups is 1. The van der Waals surface area contributed by atoms with Gasteiger partial charge in [0, 0.05) is 31.4 Å². The number of hydrogen-bond donors (Lipinski definition) is 2. The van der Waals surface area contributed by atoms with Gasteiger partial charge in [0.1, 0.15) is 12.1 Å². The summed E-state index contributed by atoms with van der Waals surface area (Å²) in [6.45, 7) is 10.9. The molecule has 3 heterocycles. The van der Waals surface area contributed by atoms with E-state index in [1.807, 2.05) is 50.6 Å². The molecule has 12 heteroatoms. The van der Waals surface area contributed by atoms with Crippen LogP contribution in [0.15, 0.2) is 77.4 Å². The van der Waals surface area contributed by atoms with E-state index in [0.717, 1.165) is 65.6 Å². The van der Waals surface area contributed by atoms with Crippen LogP contribution >= 0.6 is 0 Å². The van der Waals surface area contributed by atoms with Crippen LogP contribution in [0.5, 0.6) is 0 Å². The maximum atomic E-state index is 13.7. The van der Waals surface area contributed by atoms with Gasteiger partial charge in [-0.15, -0.1) is 0 Å². The molecule has 4 atom stereocenters. The number of carbonyl (C=O) groups excluding carboxylic acids is 4. The Bertz CT molecular complexity index is 1940. The predicted octanol–water partition coefficient (Wildman–Crippen LogP) is 7.16. The van der Waals surface area contributed by atoms with E-state index >= 15 is 0 Å². The van der Waals surface area contributed by atoms with Crippen LogP contribution in [0.2, 0.25) is 0 Å². The molecule has 2 saturated heterocycles. The maximum absolute atomic E-state index is 13.7. The van der Waals surface area contributed by atoms with Gasteiger partial charge in [0.2, 0.25) is 11.8 Å². The number of methoxy groups -OCH3 is 2. The van der Waals surface area contributed by atoms with E-state index in [1.165, 1.54) is 25.4 Å². The second-order valence-electron chi connectivity index (χ2n) is 16.6. The van der Waals surface area contributed by atoms with E-state index in [0.29, 0.717) is 19.5 Å². The molecule has 0 aromatic heterocycles. The van der Waals surface area contributed by atoms with Crippen LogP contribution < -0.4 is 10.6 Å². The molecule has 2 aromatic rings.